The van der Waals surface area contributed by atoms with Gasteiger partial charge in [-0.25, -0.2) is 9.59 Å². The summed E-state index contributed by atoms with van der Waals surface area (Å²) in [5.41, 5.74) is 2.24. The van der Waals surface area contributed by atoms with E-state index in [4.69, 9.17) is 9.15 Å². The molecule has 194 valence electrons. The van der Waals surface area contributed by atoms with Gasteiger partial charge in [-0.1, -0.05) is 23.5 Å². The monoisotopic (exact) mass is 520 g/mol. The van der Waals surface area contributed by atoms with E-state index in [1.165, 1.54) is 0 Å². The minimum Gasteiger partial charge on any atom is -0.444 e. The van der Waals surface area contributed by atoms with Gasteiger partial charge < -0.3 is 19.4 Å². The molecule has 0 saturated heterocycles. The summed E-state index contributed by atoms with van der Waals surface area (Å²) in [7, 11) is 0. The van der Waals surface area contributed by atoms with E-state index in [0.717, 1.165) is 39.4 Å². The number of nitrogens with one attached hydrogen (secondary N) is 1. The van der Waals surface area contributed by atoms with E-state index < -0.39 is 11.7 Å². The lowest BCUT2D eigenvalue weighted by molar-refractivity contribution is -0.666. The van der Waals surface area contributed by atoms with Crippen molar-refractivity contribution in [3.63, 3.8) is 0 Å². The zero-order chi connectivity index (χ0) is 26.6. The number of alkyl carbamates (subject to hydrolysis) is 1. The lowest BCUT2D eigenvalue weighted by Crippen LogP contribution is -2.42. The van der Waals surface area contributed by atoms with Crippen molar-refractivity contribution in [3.05, 3.63) is 69.5 Å². The van der Waals surface area contributed by atoms with Crippen molar-refractivity contribution >= 4 is 56.5 Å². The molecule has 0 aliphatic carbocycles. The van der Waals surface area contributed by atoms with Crippen molar-refractivity contribution in [2.45, 2.75) is 46.8 Å². The highest BCUT2D eigenvalue weighted by Gasteiger charge is 2.20. The third-order valence-electron chi connectivity index (χ3n) is 5.92. The van der Waals surface area contributed by atoms with Gasteiger partial charge in [-0.15, -0.1) is 0 Å². The minimum atomic E-state index is -0.548. The van der Waals surface area contributed by atoms with Crippen molar-refractivity contribution in [1.29, 1.82) is 0 Å². The molecule has 2 aromatic heterocycles. The Bertz CT molecular complexity index is 1490. The maximum absolute atomic E-state index is 12.8. The number of benzene rings is 2. The first-order valence-electron chi connectivity index (χ1n) is 12.6. The number of ether oxygens (including phenoxy) is 1. The molecule has 2 heterocycles. The van der Waals surface area contributed by atoms with Crippen molar-refractivity contribution in [3.8, 4) is 0 Å². The molecule has 0 aliphatic rings. The average molecular weight is 521 g/mol. The van der Waals surface area contributed by atoms with Crippen LogP contribution in [0.4, 0.5) is 10.5 Å². The van der Waals surface area contributed by atoms with Crippen LogP contribution in [0.15, 0.2) is 57.7 Å². The Hall–Kier alpha value is -3.65. The SMILES string of the molecule is CCN(CC)c1ccc2cc(/C=C/c3sc4ccccc4[n+]3CCNC(=O)OC(C)(C)C)c(=O)oc2c1. The van der Waals surface area contributed by atoms with Gasteiger partial charge >= 0.3 is 11.7 Å². The number of carbonyl (C=O) groups is 1. The van der Waals surface area contributed by atoms with Crippen LogP contribution in [0.3, 0.4) is 0 Å². The fourth-order valence-corrected chi connectivity index (χ4v) is 5.26. The highest BCUT2D eigenvalue weighted by molar-refractivity contribution is 7.18. The number of anilines is 1. The van der Waals surface area contributed by atoms with E-state index in [9.17, 15) is 9.59 Å². The Kier molecular flexibility index (Phi) is 7.97. The Balaban J connectivity index is 1.59. The van der Waals surface area contributed by atoms with Crippen LogP contribution in [0.2, 0.25) is 0 Å². The molecule has 7 nitrogen and oxygen atoms in total. The van der Waals surface area contributed by atoms with Crippen molar-refractivity contribution in [1.82, 2.24) is 5.32 Å². The summed E-state index contributed by atoms with van der Waals surface area (Å²) in [5, 5.41) is 4.66. The second kappa shape index (κ2) is 11.2. The molecule has 0 atom stereocenters. The normalized spacial score (nSPS) is 11.9. The highest BCUT2D eigenvalue weighted by Crippen LogP contribution is 2.24. The molecule has 4 rings (SSSR count). The van der Waals surface area contributed by atoms with Crippen LogP contribution in [-0.4, -0.2) is 31.3 Å². The van der Waals surface area contributed by atoms with Crippen LogP contribution in [0.1, 0.15) is 45.2 Å². The summed E-state index contributed by atoms with van der Waals surface area (Å²) in [6.45, 7) is 12.5. The van der Waals surface area contributed by atoms with E-state index >= 15 is 0 Å². The van der Waals surface area contributed by atoms with Gasteiger partial charge in [0.2, 0.25) is 5.52 Å². The first kappa shape index (κ1) is 26.4. The van der Waals surface area contributed by atoms with Crippen LogP contribution < -0.4 is 20.4 Å². The highest BCUT2D eigenvalue weighted by atomic mass is 32.1. The van der Waals surface area contributed by atoms with Gasteiger partial charge in [0.25, 0.3) is 5.01 Å². The number of rotatable bonds is 8. The lowest BCUT2D eigenvalue weighted by Gasteiger charge is -2.20. The summed E-state index contributed by atoms with van der Waals surface area (Å²) in [5.74, 6) is 0. The van der Waals surface area contributed by atoms with E-state index in [0.29, 0.717) is 24.2 Å². The number of fused-ring (bicyclic) bond motifs is 2. The second-order valence-corrected chi connectivity index (χ2v) is 10.8. The minimum absolute atomic E-state index is 0.375. The number of para-hydroxylation sites is 1. The number of aromatic nitrogens is 1. The molecule has 1 amide bonds. The molecule has 8 heteroatoms. The zero-order valence-electron chi connectivity index (χ0n) is 22.0. The molecular weight excluding hydrogens is 486 g/mol. The molecule has 0 fully saturated rings. The maximum atomic E-state index is 12.8. The number of hydrogen-bond acceptors (Lipinski definition) is 6. The third kappa shape index (κ3) is 6.38. The molecule has 0 aliphatic heterocycles. The molecule has 2 aromatic carbocycles. The molecule has 1 N–H and O–H groups in total. The summed E-state index contributed by atoms with van der Waals surface area (Å²) in [6.07, 6.45) is 3.29. The Morgan fingerprint density at radius 3 is 2.59 bits per heavy atom. The van der Waals surface area contributed by atoms with Crippen LogP contribution >= 0.6 is 11.3 Å². The quantitative estimate of drug-likeness (QED) is 0.233. The lowest BCUT2D eigenvalue weighted by atomic mass is 10.1. The fourth-order valence-electron chi connectivity index (χ4n) is 4.17. The Morgan fingerprint density at radius 2 is 1.86 bits per heavy atom. The van der Waals surface area contributed by atoms with Crippen LogP contribution in [0.5, 0.6) is 0 Å². The largest absolute Gasteiger partial charge is 0.444 e. The molecule has 0 spiro atoms. The van der Waals surface area contributed by atoms with Crippen LogP contribution in [0, 0.1) is 0 Å². The molecule has 0 saturated carbocycles. The van der Waals surface area contributed by atoms with Crippen LogP contribution in [0.25, 0.3) is 33.3 Å². The van der Waals surface area contributed by atoms with Gasteiger partial charge in [0.15, 0.2) is 6.54 Å². The van der Waals surface area contributed by atoms with E-state index in [1.807, 2.05) is 57.2 Å². The number of nitrogens with zero attached hydrogens (tertiary/aromatic N) is 2. The van der Waals surface area contributed by atoms with Crippen molar-refractivity contribution in [2.24, 2.45) is 0 Å². The summed E-state index contributed by atoms with van der Waals surface area (Å²) in [6, 6.07) is 15.9. The van der Waals surface area contributed by atoms with E-state index in [2.05, 4.69) is 46.8 Å². The van der Waals surface area contributed by atoms with Crippen LogP contribution in [-0.2, 0) is 11.3 Å². The van der Waals surface area contributed by atoms with Crippen molar-refractivity contribution in [2.75, 3.05) is 24.5 Å². The second-order valence-electron chi connectivity index (χ2n) is 9.71. The molecule has 37 heavy (non-hydrogen) atoms. The Morgan fingerprint density at radius 1 is 1.11 bits per heavy atom. The first-order chi connectivity index (χ1) is 17.7. The summed E-state index contributed by atoms with van der Waals surface area (Å²) >= 11 is 1.63. The van der Waals surface area contributed by atoms with Gasteiger partial charge in [0, 0.05) is 42.4 Å². The zero-order valence-corrected chi connectivity index (χ0v) is 22.9. The van der Waals surface area contributed by atoms with Crippen molar-refractivity contribution < 1.29 is 18.5 Å². The number of amides is 1. The fraction of sp³-hybridized carbons (Fsp3) is 0.345. The first-order valence-corrected chi connectivity index (χ1v) is 13.4. The standard InChI is InChI=1S/C29H33N3O4S/c1-6-31(7-2)22-14-12-20-18-21(27(33)35-24(20)19-22)13-15-26-32(23-10-8-9-11-25(23)37-26)17-16-30-28(34)36-29(3,4)5/h8-15,18-19H,6-7,16-17H2,1-5H3/p+1. The van der Waals surface area contributed by atoms with Gasteiger partial charge in [-0.05, 0) is 65.0 Å². The third-order valence-corrected chi connectivity index (χ3v) is 7.05. The summed E-state index contributed by atoms with van der Waals surface area (Å²) in [4.78, 5) is 27.1. The molecule has 4 aromatic rings. The topological polar surface area (TPSA) is 75.7 Å². The molecular formula is C29H34N3O4S+. The smallest absolute Gasteiger partial charge is 0.407 e. The molecule has 0 bridgehead atoms. The maximum Gasteiger partial charge on any atom is 0.407 e. The van der Waals surface area contributed by atoms with Gasteiger partial charge in [0.1, 0.15) is 15.9 Å². The number of thiazole rings is 1. The van der Waals surface area contributed by atoms with E-state index in [1.54, 1.807) is 17.4 Å². The molecule has 0 radical (unpaired) electrons. The average Bonchev–Trinajstić information content (AvgIpc) is 3.20. The van der Waals surface area contributed by atoms with E-state index in [-0.39, 0.29) is 5.63 Å². The van der Waals surface area contributed by atoms with Gasteiger partial charge in [-0.2, -0.15) is 4.57 Å². The molecule has 0 unspecified atom stereocenters. The summed E-state index contributed by atoms with van der Waals surface area (Å²) < 4.78 is 14.3. The number of carbonyl (C=O) groups excluding carboxylic acids is 1. The Labute approximate surface area is 221 Å². The predicted molar refractivity (Wildman–Crippen MR) is 151 cm³/mol. The van der Waals surface area contributed by atoms with Gasteiger partial charge in [-0.3, -0.25) is 0 Å². The predicted octanol–water partition coefficient (Wildman–Crippen LogP) is 5.84. The van der Waals surface area contributed by atoms with Gasteiger partial charge in [0.05, 0.1) is 12.1 Å². The number of hydrogen-bond donors (Lipinski definition) is 1.